The Kier molecular flexibility index (Phi) is 4.08. The zero-order valence-electron chi connectivity index (χ0n) is 11.9. The molecule has 2 N–H and O–H groups in total. The number of aryl methyl sites for hydroxylation is 1. The van der Waals surface area contributed by atoms with Crippen molar-refractivity contribution in [2.24, 2.45) is 5.73 Å². The lowest BCUT2D eigenvalue weighted by Gasteiger charge is -2.06. The van der Waals surface area contributed by atoms with Gasteiger partial charge in [-0.3, -0.25) is 0 Å². The van der Waals surface area contributed by atoms with Crippen molar-refractivity contribution in [1.29, 1.82) is 0 Å². The summed E-state index contributed by atoms with van der Waals surface area (Å²) >= 11 is 1.59. The number of nitrogens with two attached hydrogens (primary N) is 1. The fourth-order valence-corrected chi connectivity index (χ4v) is 3.05. The molecule has 0 aliphatic rings. The number of rotatable bonds is 4. The van der Waals surface area contributed by atoms with E-state index in [1.54, 1.807) is 11.3 Å². The molecule has 1 aromatic heterocycles. The fraction of sp³-hybridized carbons (Fsp3) is 0.176. The maximum atomic E-state index is 6.25. The first kappa shape index (κ1) is 13.9. The van der Waals surface area contributed by atoms with Crippen LogP contribution in [0.3, 0.4) is 0 Å². The second-order valence-corrected chi connectivity index (χ2v) is 6.18. The Balaban J connectivity index is 1.75. The summed E-state index contributed by atoms with van der Waals surface area (Å²) in [6.07, 6.45) is 0.805. The SMILES string of the molecule is Cc1ccc(Cc2nnc(C(N)c3ccccc3)s2)cc1. The van der Waals surface area contributed by atoms with E-state index in [2.05, 4.69) is 41.4 Å². The lowest BCUT2D eigenvalue weighted by atomic mass is 10.1. The van der Waals surface area contributed by atoms with E-state index in [1.807, 2.05) is 30.3 Å². The Bertz CT molecular complexity index is 704. The van der Waals surface area contributed by atoms with Crippen LogP contribution in [0.25, 0.3) is 0 Å². The van der Waals surface area contributed by atoms with Crippen molar-refractivity contribution >= 4 is 11.3 Å². The Morgan fingerprint density at radius 1 is 1.00 bits per heavy atom. The maximum Gasteiger partial charge on any atom is 0.138 e. The lowest BCUT2D eigenvalue weighted by molar-refractivity contribution is 0.824. The molecule has 0 amide bonds. The van der Waals surface area contributed by atoms with E-state index in [0.717, 1.165) is 22.0 Å². The molecule has 0 radical (unpaired) electrons. The molecule has 106 valence electrons. The van der Waals surface area contributed by atoms with Crippen molar-refractivity contribution in [3.05, 3.63) is 81.3 Å². The molecular formula is C17H17N3S. The van der Waals surface area contributed by atoms with Gasteiger partial charge < -0.3 is 5.73 Å². The van der Waals surface area contributed by atoms with Gasteiger partial charge in [0.25, 0.3) is 0 Å². The van der Waals surface area contributed by atoms with Crippen LogP contribution in [-0.2, 0) is 6.42 Å². The van der Waals surface area contributed by atoms with E-state index >= 15 is 0 Å². The van der Waals surface area contributed by atoms with Gasteiger partial charge in [-0.05, 0) is 18.1 Å². The molecule has 3 nitrogen and oxygen atoms in total. The van der Waals surface area contributed by atoms with Crippen LogP contribution >= 0.6 is 11.3 Å². The summed E-state index contributed by atoms with van der Waals surface area (Å²) in [4.78, 5) is 0. The first-order valence-corrected chi connectivity index (χ1v) is 7.72. The summed E-state index contributed by atoms with van der Waals surface area (Å²) in [6.45, 7) is 2.09. The van der Waals surface area contributed by atoms with Crippen molar-refractivity contribution < 1.29 is 0 Å². The third-order valence-corrected chi connectivity index (χ3v) is 4.39. The second kappa shape index (κ2) is 6.16. The number of hydrogen-bond acceptors (Lipinski definition) is 4. The molecule has 21 heavy (non-hydrogen) atoms. The van der Waals surface area contributed by atoms with Crippen molar-refractivity contribution in [2.75, 3.05) is 0 Å². The molecule has 2 aromatic carbocycles. The topological polar surface area (TPSA) is 51.8 Å². The third-order valence-electron chi connectivity index (χ3n) is 3.38. The van der Waals surface area contributed by atoms with Crippen molar-refractivity contribution in [1.82, 2.24) is 10.2 Å². The van der Waals surface area contributed by atoms with Crippen molar-refractivity contribution in [3.63, 3.8) is 0 Å². The molecular weight excluding hydrogens is 278 g/mol. The van der Waals surface area contributed by atoms with E-state index in [9.17, 15) is 0 Å². The van der Waals surface area contributed by atoms with Crippen LogP contribution in [0.4, 0.5) is 0 Å². The molecule has 0 spiro atoms. The first-order valence-electron chi connectivity index (χ1n) is 6.91. The molecule has 0 aliphatic heterocycles. The van der Waals surface area contributed by atoms with Crippen molar-refractivity contribution in [2.45, 2.75) is 19.4 Å². The standard InChI is InChI=1S/C17H17N3S/c1-12-7-9-13(10-8-12)11-15-19-20-17(21-15)16(18)14-5-3-2-4-6-14/h2-10,16H,11,18H2,1H3. The van der Waals surface area contributed by atoms with Gasteiger partial charge >= 0.3 is 0 Å². The quantitative estimate of drug-likeness (QED) is 0.801. The predicted molar refractivity (Wildman–Crippen MR) is 86.4 cm³/mol. The van der Waals surface area contributed by atoms with Crippen LogP contribution in [0.2, 0.25) is 0 Å². The Labute approximate surface area is 128 Å². The summed E-state index contributed by atoms with van der Waals surface area (Å²) < 4.78 is 0. The number of aromatic nitrogens is 2. The van der Waals surface area contributed by atoms with Gasteiger partial charge in [-0.2, -0.15) is 0 Å². The molecule has 1 unspecified atom stereocenters. The predicted octanol–water partition coefficient (Wildman–Crippen LogP) is 3.49. The molecule has 1 heterocycles. The highest BCUT2D eigenvalue weighted by molar-refractivity contribution is 7.11. The number of nitrogens with zero attached hydrogens (tertiary/aromatic N) is 2. The van der Waals surface area contributed by atoms with Crippen LogP contribution in [0.5, 0.6) is 0 Å². The third kappa shape index (κ3) is 3.35. The summed E-state index contributed by atoms with van der Waals surface area (Å²) in [5.74, 6) is 0. The Hall–Kier alpha value is -2.04. The van der Waals surface area contributed by atoms with E-state index in [-0.39, 0.29) is 6.04 Å². The smallest absolute Gasteiger partial charge is 0.138 e. The van der Waals surface area contributed by atoms with Gasteiger partial charge in [-0.15, -0.1) is 10.2 Å². The average molecular weight is 295 g/mol. The van der Waals surface area contributed by atoms with Gasteiger partial charge in [0.05, 0.1) is 6.04 Å². The van der Waals surface area contributed by atoms with Gasteiger partial charge in [0.15, 0.2) is 0 Å². The number of hydrogen-bond donors (Lipinski definition) is 1. The van der Waals surface area contributed by atoms with Crippen LogP contribution in [0, 0.1) is 6.92 Å². The van der Waals surface area contributed by atoms with Gasteiger partial charge in [0.1, 0.15) is 10.0 Å². The molecule has 4 heteroatoms. The molecule has 0 bridgehead atoms. The molecule has 0 saturated carbocycles. The highest BCUT2D eigenvalue weighted by atomic mass is 32.1. The van der Waals surface area contributed by atoms with Crippen LogP contribution in [0.15, 0.2) is 54.6 Å². The second-order valence-electron chi connectivity index (χ2n) is 5.08. The minimum absolute atomic E-state index is 0.199. The summed E-state index contributed by atoms with van der Waals surface area (Å²) in [7, 11) is 0. The molecule has 0 aliphatic carbocycles. The first-order chi connectivity index (χ1) is 10.2. The van der Waals surface area contributed by atoms with Gasteiger partial charge in [-0.25, -0.2) is 0 Å². The van der Waals surface area contributed by atoms with Crippen LogP contribution in [-0.4, -0.2) is 10.2 Å². The largest absolute Gasteiger partial charge is 0.318 e. The fourth-order valence-electron chi connectivity index (χ4n) is 2.15. The molecule has 3 rings (SSSR count). The highest BCUT2D eigenvalue weighted by Gasteiger charge is 2.14. The minimum atomic E-state index is -0.199. The average Bonchev–Trinajstić information content (AvgIpc) is 2.98. The zero-order chi connectivity index (χ0) is 14.7. The van der Waals surface area contributed by atoms with E-state index in [0.29, 0.717) is 0 Å². The summed E-state index contributed by atoms with van der Waals surface area (Å²) in [5, 5.41) is 10.4. The van der Waals surface area contributed by atoms with Gasteiger partial charge in [-0.1, -0.05) is 71.5 Å². The van der Waals surface area contributed by atoms with E-state index < -0.39 is 0 Å². The van der Waals surface area contributed by atoms with Crippen LogP contribution in [0.1, 0.15) is 32.7 Å². The molecule has 1 atom stereocenters. The monoisotopic (exact) mass is 295 g/mol. The number of benzene rings is 2. The van der Waals surface area contributed by atoms with Gasteiger partial charge in [0.2, 0.25) is 0 Å². The summed E-state index contributed by atoms with van der Waals surface area (Å²) in [5.41, 5.74) is 9.83. The maximum absolute atomic E-state index is 6.25. The minimum Gasteiger partial charge on any atom is -0.318 e. The summed E-state index contributed by atoms with van der Waals surface area (Å²) in [6, 6.07) is 18.3. The lowest BCUT2D eigenvalue weighted by Crippen LogP contribution is -2.11. The van der Waals surface area contributed by atoms with E-state index in [1.165, 1.54) is 11.1 Å². The van der Waals surface area contributed by atoms with Gasteiger partial charge in [0, 0.05) is 6.42 Å². The van der Waals surface area contributed by atoms with Crippen LogP contribution < -0.4 is 5.73 Å². The highest BCUT2D eigenvalue weighted by Crippen LogP contribution is 2.24. The molecule has 0 fully saturated rings. The van der Waals surface area contributed by atoms with Crippen molar-refractivity contribution in [3.8, 4) is 0 Å². The van der Waals surface area contributed by atoms with E-state index in [4.69, 9.17) is 5.73 Å². The zero-order valence-corrected chi connectivity index (χ0v) is 12.7. The Morgan fingerprint density at radius 2 is 1.71 bits per heavy atom. The molecule has 0 saturated heterocycles. The Morgan fingerprint density at radius 3 is 2.43 bits per heavy atom. The molecule has 3 aromatic rings. The normalized spacial score (nSPS) is 12.3.